The highest BCUT2D eigenvalue weighted by atomic mass is 35.5. The SMILES string of the molecule is COc1ccc(Cl)cc1NC1c2ccccc2C(=O)N1c1ccccc1C. The number of para-hydroxylation sites is 1. The summed E-state index contributed by atoms with van der Waals surface area (Å²) < 4.78 is 5.47. The standard InChI is InChI=1S/C22H19ClN2O2/c1-14-7-3-6-10-19(14)25-21(16-8-4-5-9-17(16)22(25)26)24-18-13-15(23)11-12-20(18)27-2/h3-13,21,24H,1-2H3. The van der Waals surface area contributed by atoms with E-state index in [0.29, 0.717) is 16.3 Å². The van der Waals surface area contributed by atoms with E-state index in [-0.39, 0.29) is 12.1 Å². The van der Waals surface area contributed by atoms with Crippen molar-refractivity contribution in [2.45, 2.75) is 13.1 Å². The Morgan fingerprint density at radius 1 is 1.04 bits per heavy atom. The predicted octanol–water partition coefficient (Wildman–Crippen LogP) is 5.43. The summed E-state index contributed by atoms with van der Waals surface area (Å²) in [5.41, 5.74) is 4.26. The predicted molar refractivity (Wildman–Crippen MR) is 109 cm³/mol. The summed E-state index contributed by atoms with van der Waals surface area (Å²) in [5.74, 6) is 0.638. The lowest BCUT2D eigenvalue weighted by Gasteiger charge is -2.29. The van der Waals surface area contributed by atoms with Crippen molar-refractivity contribution in [2.24, 2.45) is 0 Å². The van der Waals surface area contributed by atoms with Crippen LogP contribution < -0.4 is 15.0 Å². The van der Waals surface area contributed by atoms with Gasteiger partial charge >= 0.3 is 0 Å². The van der Waals surface area contributed by atoms with Crippen LogP contribution in [0, 0.1) is 6.92 Å². The fourth-order valence-corrected chi connectivity index (χ4v) is 3.65. The number of amides is 1. The largest absolute Gasteiger partial charge is 0.495 e. The summed E-state index contributed by atoms with van der Waals surface area (Å²) >= 11 is 6.19. The van der Waals surface area contributed by atoms with E-state index in [1.165, 1.54) is 0 Å². The van der Waals surface area contributed by atoms with Gasteiger partial charge in [-0.15, -0.1) is 0 Å². The number of benzene rings is 3. The van der Waals surface area contributed by atoms with E-state index in [1.54, 1.807) is 18.1 Å². The first-order chi connectivity index (χ1) is 13.1. The minimum Gasteiger partial charge on any atom is -0.495 e. The lowest BCUT2D eigenvalue weighted by atomic mass is 10.1. The highest BCUT2D eigenvalue weighted by Gasteiger charge is 2.38. The first kappa shape index (κ1) is 17.4. The van der Waals surface area contributed by atoms with Crippen molar-refractivity contribution in [1.29, 1.82) is 0 Å². The van der Waals surface area contributed by atoms with Crippen molar-refractivity contribution in [2.75, 3.05) is 17.3 Å². The number of methoxy groups -OCH3 is 1. The molecule has 3 aromatic carbocycles. The van der Waals surface area contributed by atoms with Crippen LogP contribution in [0.5, 0.6) is 5.75 Å². The number of fused-ring (bicyclic) bond motifs is 1. The second-order valence-corrected chi connectivity index (χ2v) is 6.88. The second kappa shape index (κ2) is 6.97. The van der Waals surface area contributed by atoms with Crippen LogP contribution in [0.15, 0.2) is 66.7 Å². The Hall–Kier alpha value is -2.98. The fourth-order valence-electron chi connectivity index (χ4n) is 3.48. The molecule has 0 aliphatic carbocycles. The number of aryl methyl sites for hydroxylation is 1. The molecule has 0 aromatic heterocycles. The number of hydrogen-bond acceptors (Lipinski definition) is 3. The van der Waals surface area contributed by atoms with Gasteiger partial charge in [-0.25, -0.2) is 0 Å². The summed E-state index contributed by atoms with van der Waals surface area (Å²) in [5, 5.41) is 4.05. The van der Waals surface area contributed by atoms with Crippen LogP contribution in [0.4, 0.5) is 11.4 Å². The van der Waals surface area contributed by atoms with Crippen molar-refractivity contribution in [3.8, 4) is 5.75 Å². The molecule has 4 rings (SSSR count). The van der Waals surface area contributed by atoms with Gasteiger partial charge in [-0.05, 0) is 42.8 Å². The third-order valence-corrected chi connectivity index (χ3v) is 5.03. The first-order valence-corrected chi connectivity index (χ1v) is 9.06. The van der Waals surface area contributed by atoms with Crippen LogP contribution in [-0.2, 0) is 0 Å². The van der Waals surface area contributed by atoms with Crippen molar-refractivity contribution in [1.82, 2.24) is 0 Å². The van der Waals surface area contributed by atoms with Gasteiger partial charge in [0.2, 0.25) is 0 Å². The zero-order valence-corrected chi connectivity index (χ0v) is 15.8. The molecule has 1 aliphatic rings. The molecule has 0 radical (unpaired) electrons. The molecule has 0 saturated carbocycles. The number of rotatable bonds is 4. The third kappa shape index (κ3) is 3.02. The molecular formula is C22H19ClN2O2. The van der Waals surface area contributed by atoms with Crippen molar-refractivity contribution in [3.05, 3.63) is 88.4 Å². The van der Waals surface area contributed by atoms with Crippen molar-refractivity contribution in [3.63, 3.8) is 0 Å². The molecule has 0 fully saturated rings. The van der Waals surface area contributed by atoms with E-state index in [0.717, 1.165) is 22.5 Å². The highest BCUT2D eigenvalue weighted by Crippen LogP contribution is 2.41. The molecule has 1 amide bonds. The smallest absolute Gasteiger partial charge is 0.260 e. The van der Waals surface area contributed by atoms with Gasteiger partial charge in [-0.2, -0.15) is 0 Å². The van der Waals surface area contributed by atoms with E-state index in [9.17, 15) is 4.79 Å². The van der Waals surface area contributed by atoms with Crippen molar-refractivity contribution < 1.29 is 9.53 Å². The minimum atomic E-state index is -0.359. The molecule has 0 bridgehead atoms. The Kier molecular flexibility index (Phi) is 4.50. The van der Waals surface area contributed by atoms with Gasteiger partial charge in [0.1, 0.15) is 11.9 Å². The Balaban J connectivity index is 1.84. The molecule has 1 aliphatic heterocycles. The van der Waals surface area contributed by atoms with Gasteiger partial charge in [0, 0.05) is 21.8 Å². The van der Waals surface area contributed by atoms with Crippen LogP contribution in [0.25, 0.3) is 0 Å². The van der Waals surface area contributed by atoms with Crippen molar-refractivity contribution >= 4 is 28.9 Å². The molecule has 5 heteroatoms. The molecule has 0 saturated heterocycles. The Labute approximate surface area is 163 Å². The molecule has 0 spiro atoms. The summed E-state index contributed by atoms with van der Waals surface area (Å²) in [6.07, 6.45) is -0.359. The van der Waals surface area contributed by atoms with Gasteiger partial charge < -0.3 is 10.1 Å². The van der Waals surface area contributed by atoms with E-state index >= 15 is 0 Å². The Morgan fingerprint density at radius 2 is 1.78 bits per heavy atom. The van der Waals surface area contributed by atoms with Gasteiger partial charge in [0.05, 0.1) is 12.8 Å². The molecular weight excluding hydrogens is 360 g/mol. The maximum Gasteiger partial charge on any atom is 0.260 e. The highest BCUT2D eigenvalue weighted by molar-refractivity contribution is 6.31. The molecule has 3 aromatic rings. The molecule has 1 unspecified atom stereocenters. The number of carbonyl (C=O) groups excluding carboxylic acids is 1. The topological polar surface area (TPSA) is 41.6 Å². The molecule has 4 nitrogen and oxygen atoms in total. The fraction of sp³-hybridized carbons (Fsp3) is 0.136. The lowest BCUT2D eigenvalue weighted by molar-refractivity contribution is 0.0992. The maximum atomic E-state index is 13.2. The van der Waals surface area contributed by atoms with E-state index in [2.05, 4.69) is 5.32 Å². The van der Waals surface area contributed by atoms with E-state index in [1.807, 2.05) is 67.6 Å². The lowest BCUT2D eigenvalue weighted by Crippen LogP contribution is -2.32. The van der Waals surface area contributed by atoms with Crippen LogP contribution >= 0.6 is 11.6 Å². The van der Waals surface area contributed by atoms with Crippen LogP contribution in [0.1, 0.15) is 27.7 Å². The summed E-state index contributed by atoms with van der Waals surface area (Å²) in [6, 6.07) is 20.9. The first-order valence-electron chi connectivity index (χ1n) is 8.68. The van der Waals surface area contributed by atoms with Gasteiger partial charge in [-0.1, -0.05) is 48.0 Å². The Bertz CT molecular complexity index is 1020. The molecule has 1 N–H and O–H groups in total. The van der Waals surface area contributed by atoms with Crippen LogP contribution in [-0.4, -0.2) is 13.0 Å². The number of nitrogens with zero attached hydrogens (tertiary/aromatic N) is 1. The second-order valence-electron chi connectivity index (χ2n) is 6.44. The average molecular weight is 379 g/mol. The maximum absolute atomic E-state index is 13.2. The third-order valence-electron chi connectivity index (χ3n) is 4.79. The molecule has 27 heavy (non-hydrogen) atoms. The summed E-state index contributed by atoms with van der Waals surface area (Å²) in [6.45, 7) is 2.00. The number of halogens is 1. The van der Waals surface area contributed by atoms with Crippen LogP contribution in [0.3, 0.4) is 0 Å². The number of anilines is 2. The monoisotopic (exact) mass is 378 g/mol. The number of hydrogen-bond donors (Lipinski definition) is 1. The minimum absolute atomic E-state index is 0.0293. The quantitative estimate of drug-likeness (QED) is 0.658. The number of nitrogens with one attached hydrogen (secondary N) is 1. The number of carbonyl (C=O) groups is 1. The van der Waals surface area contributed by atoms with Gasteiger partial charge in [0.15, 0.2) is 0 Å². The normalized spacial score (nSPS) is 15.6. The van der Waals surface area contributed by atoms with E-state index in [4.69, 9.17) is 16.3 Å². The zero-order chi connectivity index (χ0) is 19.0. The van der Waals surface area contributed by atoms with E-state index < -0.39 is 0 Å². The Morgan fingerprint density at radius 3 is 2.56 bits per heavy atom. The molecule has 1 heterocycles. The van der Waals surface area contributed by atoms with Gasteiger partial charge in [0.25, 0.3) is 5.91 Å². The zero-order valence-electron chi connectivity index (χ0n) is 15.1. The van der Waals surface area contributed by atoms with Gasteiger partial charge in [-0.3, -0.25) is 9.69 Å². The number of ether oxygens (including phenoxy) is 1. The molecule has 1 atom stereocenters. The van der Waals surface area contributed by atoms with Crippen LogP contribution in [0.2, 0.25) is 5.02 Å². The molecule has 136 valence electrons. The average Bonchev–Trinajstić information content (AvgIpc) is 2.95. The summed E-state index contributed by atoms with van der Waals surface area (Å²) in [7, 11) is 1.61. The summed E-state index contributed by atoms with van der Waals surface area (Å²) in [4.78, 5) is 15.0.